The molecule has 0 radical (unpaired) electrons. The minimum absolute atomic E-state index is 0.685. The number of halogens is 1. The normalized spacial score (nSPS) is 8.83. The van der Waals surface area contributed by atoms with E-state index in [9.17, 15) is 4.39 Å². The first-order chi connectivity index (χ1) is 2.89. The van der Waals surface area contributed by atoms with Crippen LogP contribution >= 0.6 is 0 Å². The van der Waals surface area contributed by atoms with Gasteiger partial charge in [-0.1, -0.05) is 5.10 Å². The van der Waals surface area contributed by atoms with Crippen molar-refractivity contribution in [2.75, 3.05) is 0 Å². The lowest BCUT2D eigenvalue weighted by molar-refractivity contribution is 0.392. The molecule has 0 spiro atoms. The topological polar surface area (TPSA) is 38.9 Å². The smallest absolute Gasteiger partial charge is 0.274 e. The van der Waals surface area contributed by atoms with Gasteiger partial charge < -0.3 is 4.52 Å². The summed E-state index contributed by atoms with van der Waals surface area (Å²) < 4.78 is 15.4. The summed E-state index contributed by atoms with van der Waals surface area (Å²) >= 11 is 0. The first-order valence-electron chi connectivity index (χ1n) is 1.32. The van der Waals surface area contributed by atoms with Crippen LogP contribution in [0.1, 0.15) is 0 Å². The average Bonchev–Trinajstić information content (AvgIpc) is 1.86. The lowest BCUT2D eigenvalue weighted by atomic mass is 10.9. The van der Waals surface area contributed by atoms with Gasteiger partial charge in [-0.3, -0.25) is 0 Å². The number of rotatable bonds is 0. The van der Waals surface area contributed by atoms with E-state index in [0.29, 0.717) is 0 Å². The Labute approximate surface area is 32.8 Å². The van der Waals surface area contributed by atoms with Crippen LogP contribution in [0.25, 0.3) is 0 Å². The molecule has 3 nitrogen and oxygen atoms in total. The van der Waals surface area contributed by atoms with Crippen LogP contribution in [0.2, 0.25) is 0 Å². The van der Waals surface area contributed by atoms with E-state index in [1.54, 1.807) is 0 Å². The van der Waals surface area contributed by atoms with Gasteiger partial charge in [0.25, 0.3) is 5.95 Å². The molecule has 32 valence electrons. The average molecular weight is 88.0 g/mol. The van der Waals surface area contributed by atoms with Gasteiger partial charge >= 0.3 is 0 Å². The lowest BCUT2D eigenvalue weighted by Crippen LogP contribution is -1.66. The fourth-order valence-corrected chi connectivity index (χ4v) is 0.153. The molecule has 0 saturated heterocycles. The maximum absolute atomic E-state index is 11.4. The molecule has 0 bridgehead atoms. The Morgan fingerprint density at radius 3 is 2.83 bits per heavy atom. The lowest BCUT2D eigenvalue weighted by Gasteiger charge is -1.53. The molecule has 1 rings (SSSR count). The second-order valence-electron chi connectivity index (χ2n) is 0.728. The van der Waals surface area contributed by atoms with Gasteiger partial charge in [-0.15, -0.1) is 0 Å². The summed E-state index contributed by atoms with van der Waals surface area (Å²) in [6.07, 6.45) is 0.819. The van der Waals surface area contributed by atoms with Crippen LogP contribution in [-0.4, -0.2) is 10.4 Å². The maximum Gasteiger partial charge on any atom is 0.274 e. The predicted octanol–water partition coefficient (Wildman–Crippen LogP) is 0.209. The molecule has 0 N–H and O–H groups in total. The van der Waals surface area contributed by atoms with Gasteiger partial charge in [0.15, 0.2) is 6.26 Å². The van der Waals surface area contributed by atoms with E-state index >= 15 is 0 Å². The zero-order valence-corrected chi connectivity index (χ0v) is 2.76. The third kappa shape index (κ3) is 0.357. The van der Waals surface area contributed by atoms with Crippen LogP contribution < -0.4 is 0 Å². The Kier molecular flexibility index (Phi) is 0.567. The zero-order chi connectivity index (χ0) is 4.41. The quantitative estimate of drug-likeness (QED) is 0.455. The Balaban J connectivity index is 3.05. The highest BCUT2D eigenvalue weighted by Crippen LogP contribution is 1.82. The maximum atomic E-state index is 11.4. The zero-order valence-electron chi connectivity index (χ0n) is 2.76. The van der Waals surface area contributed by atoms with Crippen LogP contribution in [0.3, 0.4) is 0 Å². The van der Waals surface area contributed by atoms with Crippen molar-refractivity contribution in [3.63, 3.8) is 0 Å². The highest BCUT2D eigenvalue weighted by atomic mass is 19.1. The number of hydrogen-bond donors (Lipinski definition) is 0. The molecule has 0 amide bonds. The van der Waals surface area contributed by atoms with Crippen molar-refractivity contribution in [3.8, 4) is 0 Å². The van der Waals surface area contributed by atoms with Gasteiger partial charge in [-0.25, -0.2) is 0 Å². The summed E-state index contributed by atoms with van der Waals surface area (Å²) in [5, 5.41) is 5.66. The first kappa shape index (κ1) is 3.27. The Bertz CT molecular complexity index is 115. The van der Waals surface area contributed by atoms with E-state index in [4.69, 9.17) is 0 Å². The van der Waals surface area contributed by atoms with Crippen molar-refractivity contribution >= 4 is 0 Å². The molecule has 0 fully saturated rings. The van der Waals surface area contributed by atoms with Crippen LogP contribution in [0.5, 0.6) is 0 Å². The molecule has 0 aliphatic heterocycles. The fraction of sp³-hybridized carbons (Fsp3) is 0. The Hall–Kier alpha value is -0.930. The standard InChI is InChI=1S/C2HFN2O/c3-2-1-6-5-4-2/h1H. The molecular formula is C2HFN2O. The first-order valence-corrected chi connectivity index (χ1v) is 1.32. The van der Waals surface area contributed by atoms with Crippen molar-refractivity contribution in [3.05, 3.63) is 12.2 Å². The van der Waals surface area contributed by atoms with Crippen LogP contribution in [-0.2, 0) is 0 Å². The third-order valence-corrected chi connectivity index (χ3v) is 0.333. The van der Waals surface area contributed by atoms with E-state index in [0.717, 1.165) is 6.26 Å². The molecule has 0 atom stereocenters. The van der Waals surface area contributed by atoms with Gasteiger partial charge in [0.2, 0.25) is 0 Å². The van der Waals surface area contributed by atoms with Crippen LogP contribution in [0.4, 0.5) is 4.39 Å². The van der Waals surface area contributed by atoms with E-state index in [1.807, 2.05) is 0 Å². The molecule has 0 unspecified atom stereocenters. The minimum atomic E-state index is -0.685. The molecule has 6 heavy (non-hydrogen) atoms. The molecule has 0 aliphatic rings. The van der Waals surface area contributed by atoms with Gasteiger partial charge in [-0.05, 0) is 0 Å². The number of hydrogen-bond acceptors (Lipinski definition) is 3. The highest BCUT2D eigenvalue weighted by molar-refractivity contribution is 4.57. The molecule has 0 aliphatic carbocycles. The van der Waals surface area contributed by atoms with Crippen molar-refractivity contribution in [2.45, 2.75) is 0 Å². The van der Waals surface area contributed by atoms with Crippen molar-refractivity contribution in [1.29, 1.82) is 0 Å². The second-order valence-corrected chi connectivity index (χ2v) is 0.728. The third-order valence-electron chi connectivity index (χ3n) is 0.333. The second kappa shape index (κ2) is 1.04. The summed E-state index contributed by atoms with van der Waals surface area (Å²) in [5.41, 5.74) is 0. The van der Waals surface area contributed by atoms with E-state index < -0.39 is 5.95 Å². The molecule has 1 heterocycles. The molecule has 0 aromatic carbocycles. The van der Waals surface area contributed by atoms with Gasteiger partial charge in [-0.2, -0.15) is 4.39 Å². The SMILES string of the molecule is Fc1conn1. The Morgan fingerprint density at radius 1 is 1.83 bits per heavy atom. The molecular weight excluding hydrogens is 87.0 g/mol. The highest BCUT2D eigenvalue weighted by Gasteiger charge is 1.85. The largest absolute Gasteiger partial charge is 0.342 e. The van der Waals surface area contributed by atoms with Gasteiger partial charge in [0.05, 0.1) is 0 Å². The fourth-order valence-electron chi connectivity index (χ4n) is 0.153. The summed E-state index contributed by atoms with van der Waals surface area (Å²) in [6.45, 7) is 0. The Morgan fingerprint density at radius 2 is 2.67 bits per heavy atom. The van der Waals surface area contributed by atoms with Gasteiger partial charge in [0.1, 0.15) is 0 Å². The van der Waals surface area contributed by atoms with Gasteiger partial charge in [0, 0.05) is 5.27 Å². The van der Waals surface area contributed by atoms with Crippen molar-refractivity contribution in [2.24, 2.45) is 0 Å². The predicted molar refractivity (Wildman–Crippen MR) is 14.3 cm³/mol. The van der Waals surface area contributed by atoms with Crippen molar-refractivity contribution < 1.29 is 8.91 Å². The molecule has 1 aromatic rings. The monoisotopic (exact) mass is 88.0 g/mol. The summed E-state index contributed by atoms with van der Waals surface area (Å²) in [4.78, 5) is 0. The molecule has 1 aromatic heterocycles. The molecule has 0 saturated carbocycles. The summed E-state index contributed by atoms with van der Waals surface area (Å²) in [5.74, 6) is -0.685. The summed E-state index contributed by atoms with van der Waals surface area (Å²) in [6, 6.07) is 0. The van der Waals surface area contributed by atoms with Crippen LogP contribution in [0, 0.1) is 5.95 Å². The molecule has 4 heteroatoms. The summed E-state index contributed by atoms with van der Waals surface area (Å²) in [7, 11) is 0. The van der Waals surface area contributed by atoms with E-state index in [-0.39, 0.29) is 0 Å². The number of nitrogens with zero attached hydrogens (tertiary/aromatic N) is 2. The van der Waals surface area contributed by atoms with Crippen LogP contribution in [0.15, 0.2) is 10.8 Å². The van der Waals surface area contributed by atoms with Crippen molar-refractivity contribution in [1.82, 2.24) is 10.4 Å². The minimum Gasteiger partial charge on any atom is -0.342 e. The van der Waals surface area contributed by atoms with E-state index in [1.165, 1.54) is 0 Å². The van der Waals surface area contributed by atoms with E-state index in [2.05, 4.69) is 14.9 Å². The number of aromatic nitrogens is 2.